The molecule has 0 saturated heterocycles. The molecule has 0 heterocycles. The highest BCUT2D eigenvalue weighted by Gasteiger charge is 2.00. The number of rotatable bonds is 3. The van der Waals surface area contributed by atoms with Crippen LogP contribution in [0.15, 0.2) is 65.6 Å². The van der Waals surface area contributed by atoms with Crippen LogP contribution in [0.1, 0.15) is 12.5 Å². The van der Waals surface area contributed by atoms with Crippen LogP contribution in [0, 0.1) is 0 Å². The number of benzene rings is 3. The standard InChI is InChI=1S/C10H8OS.C9H12OS.CH2O/c11-9-5-6-10(12)8-4-2-1-3-7(8)9;1-2-10-9-5-3-8(7-11)4-6-9;1-2/h1-6,11-12H;3-6,11H,2,7H2,1H3;1H2. The van der Waals surface area contributed by atoms with Crippen molar-refractivity contribution in [1.29, 1.82) is 0 Å². The molecule has 132 valence electrons. The topological polar surface area (TPSA) is 46.5 Å². The predicted octanol–water partition coefficient (Wildman–Crippen LogP) is 5.16. The van der Waals surface area contributed by atoms with Crippen LogP contribution in [0.2, 0.25) is 0 Å². The summed E-state index contributed by atoms with van der Waals surface area (Å²) in [5, 5.41) is 11.3. The average Bonchev–Trinajstić information content (AvgIpc) is 2.68. The highest BCUT2D eigenvalue weighted by Crippen LogP contribution is 2.28. The van der Waals surface area contributed by atoms with E-state index in [0.717, 1.165) is 33.8 Å². The molecule has 0 aliphatic carbocycles. The van der Waals surface area contributed by atoms with Gasteiger partial charge in [0.1, 0.15) is 18.3 Å². The molecule has 0 spiro atoms. The molecule has 25 heavy (non-hydrogen) atoms. The highest BCUT2D eigenvalue weighted by molar-refractivity contribution is 7.80. The van der Waals surface area contributed by atoms with Crippen molar-refractivity contribution in [3.8, 4) is 11.5 Å². The van der Waals surface area contributed by atoms with Gasteiger partial charge in [-0.3, -0.25) is 0 Å². The third-order valence-electron chi connectivity index (χ3n) is 3.29. The van der Waals surface area contributed by atoms with Gasteiger partial charge in [0.2, 0.25) is 0 Å². The Morgan fingerprint density at radius 2 is 1.56 bits per heavy atom. The van der Waals surface area contributed by atoms with E-state index in [1.807, 2.05) is 62.2 Å². The Morgan fingerprint density at radius 3 is 2.08 bits per heavy atom. The van der Waals surface area contributed by atoms with Crippen molar-refractivity contribution in [2.45, 2.75) is 17.6 Å². The molecular formula is C20H22O3S2. The van der Waals surface area contributed by atoms with E-state index in [2.05, 4.69) is 25.3 Å². The maximum atomic E-state index is 9.46. The van der Waals surface area contributed by atoms with Crippen LogP contribution in [0.3, 0.4) is 0 Å². The number of carbonyl (C=O) groups is 1. The first-order valence-corrected chi connectivity index (χ1v) is 8.74. The second kappa shape index (κ2) is 11.4. The number of ether oxygens (including phenoxy) is 1. The highest BCUT2D eigenvalue weighted by atomic mass is 32.1. The molecule has 3 rings (SSSR count). The third-order valence-corrected chi connectivity index (χ3v) is 4.05. The minimum absolute atomic E-state index is 0.309. The van der Waals surface area contributed by atoms with Gasteiger partial charge in [-0.15, -0.1) is 12.6 Å². The lowest BCUT2D eigenvalue weighted by molar-refractivity contribution is -0.0979. The van der Waals surface area contributed by atoms with E-state index in [0.29, 0.717) is 5.75 Å². The Kier molecular flexibility index (Phi) is 9.58. The molecule has 0 amide bonds. The fraction of sp³-hybridized carbons (Fsp3) is 0.150. The summed E-state index contributed by atoms with van der Waals surface area (Å²) in [6.45, 7) is 4.70. The Hall–Kier alpha value is -2.11. The molecule has 0 atom stereocenters. The van der Waals surface area contributed by atoms with E-state index < -0.39 is 0 Å². The van der Waals surface area contributed by atoms with Gasteiger partial charge in [-0.2, -0.15) is 12.6 Å². The third kappa shape index (κ3) is 6.36. The monoisotopic (exact) mass is 374 g/mol. The first-order valence-electron chi connectivity index (χ1n) is 7.66. The lowest BCUT2D eigenvalue weighted by atomic mass is 10.1. The van der Waals surface area contributed by atoms with Crippen LogP contribution >= 0.6 is 25.3 Å². The van der Waals surface area contributed by atoms with E-state index >= 15 is 0 Å². The van der Waals surface area contributed by atoms with Gasteiger partial charge < -0.3 is 14.6 Å². The Morgan fingerprint density at radius 1 is 0.960 bits per heavy atom. The van der Waals surface area contributed by atoms with Crippen molar-refractivity contribution in [2.75, 3.05) is 6.61 Å². The summed E-state index contributed by atoms with van der Waals surface area (Å²) in [7, 11) is 0. The van der Waals surface area contributed by atoms with Gasteiger partial charge in [0.25, 0.3) is 0 Å². The summed E-state index contributed by atoms with van der Waals surface area (Å²) in [4.78, 5) is 8.89. The van der Waals surface area contributed by atoms with Gasteiger partial charge in [0.05, 0.1) is 6.61 Å². The Labute approximate surface area is 159 Å². The molecular weight excluding hydrogens is 352 g/mol. The lowest BCUT2D eigenvalue weighted by Crippen LogP contribution is -1.90. The van der Waals surface area contributed by atoms with Crippen LogP contribution in [-0.2, 0) is 10.5 Å². The molecule has 1 N–H and O–H groups in total. The fourth-order valence-electron chi connectivity index (χ4n) is 2.13. The van der Waals surface area contributed by atoms with Crippen LogP contribution in [0.5, 0.6) is 11.5 Å². The summed E-state index contributed by atoms with van der Waals surface area (Å²) >= 11 is 8.44. The fourth-order valence-corrected chi connectivity index (χ4v) is 2.61. The van der Waals surface area contributed by atoms with Crippen molar-refractivity contribution in [3.05, 3.63) is 66.2 Å². The van der Waals surface area contributed by atoms with Gasteiger partial charge in [-0.25, -0.2) is 0 Å². The smallest absolute Gasteiger partial charge is 0.123 e. The number of aromatic hydroxyl groups is 1. The zero-order chi connectivity index (χ0) is 18.7. The molecule has 3 aromatic rings. The van der Waals surface area contributed by atoms with Gasteiger partial charge in [0, 0.05) is 16.0 Å². The second-order valence-corrected chi connectivity index (χ2v) is 5.68. The number of carbonyl (C=O) groups excluding carboxylic acids is 1. The van der Waals surface area contributed by atoms with Crippen LogP contribution < -0.4 is 4.74 Å². The molecule has 3 aromatic carbocycles. The van der Waals surface area contributed by atoms with Crippen LogP contribution in [0.4, 0.5) is 0 Å². The molecule has 0 aliphatic rings. The molecule has 0 aliphatic heterocycles. The number of fused-ring (bicyclic) bond motifs is 1. The SMILES string of the molecule is C=O.CCOc1ccc(CS)cc1.Oc1ccc(S)c2ccccc12. The second-order valence-electron chi connectivity index (χ2n) is 4.88. The Bertz CT molecular complexity index is 733. The van der Waals surface area contributed by atoms with Crippen molar-refractivity contribution in [2.24, 2.45) is 0 Å². The average molecular weight is 375 g/mol. The molecule has 0 fully saturated rings. The van der Waals surface area contributed by atoms with E-state index in [-0.39, 0.29) is 0 Å². The normalized spacial score (nSPS) is 9.40. The van der Waals surface area contributed by atoms with E-state index in [1.54, 1.807) is 12.1 Å². The largest absolute Gasteiger partial charge is 0.507 e. The molecule has 0 unspecified atom stereocenters. The van der Waals surface area contributed by atoms with E-state index in [9.17, 15) is 5.11 Å². The number of hydrogen-bond donors (Lipinski definition) is 3. The number of phenols is 1. The maximum Gasteiger partial charge on any atom is 0.123 e. The van der Waals surface area contributed by atoms with Gasteiger partial charge >= 0.3 is 0 Å². The zero-order valence-electron chi connectivity index (χ0n) is 14.1. The van der Waals surface area contributed by atoms with E-state index in [4.69, 9.17) is 9.53 Å². The van der Waals surface area contributed by atoms with Crippen LogP contribution in [-0.4, -0.2) is 18.5 Å². The molecule has 0 radical (unpaired) electrons. The van der Waals surface area contributed by atoms with Crippen molar-refractivity contribution >= 4 is 42.8 Å². The minimum Gasteiger partial charge on any atom is -0.507 e. The predicted molar refractivity (Wildman–Crippen MR) is 110 cm³/mol. The first kappa shape index (κ1) is 20.9. The molecule has 3 nitrogen and oxygen atoms in total. The van der Waals surface area contributed by atoms with E-state index in [1.165, 1.54) is 5.56 Å². The Balaban J connectivity index is 0.000000229. The number of phenolic OH excluding ortho intramolecular Hbond substituents is 1. The van der Waals surface area contributed by atoms with Gasteiger partial charge in [0.15, 0.2) is 0 Å². The summed E-state index contributed by atoms with van der Waals surface area (Å²) in [6.07, 6.45) is 0. The summed E-state index contributed by atoms with van der Waals surface area (Å²) in [5.74, 6) is 2.02. The molecule has 0 bridgehead atoms. The summed E-state index contributed by atoms with van der Waals surface area (Å²) in [5.41, 5.74) is 1.22. The number of hydrogen-bond acceptors (Lipinski definition) is 5. The quantitative estimate of drug-likeness (QED) is 0.555. The van der Waals surface area contributed by atoms with Crippen LogP contribution in [0.25, 0.3) is 10.8 Å². The van der Waals surface area contributed by atoms with Crippen molar-refractivity contribution in [1.82, 2.24) is 0 Å². The lowest BCUT2D eigenvalue weighted by Gasteiger charge is -2.02. The minimum atomic E-state index is 0.309. The number of thiol groups is 2. The van der Waals surface area contributed by atoms with Gasteiger partial charge in [-0.1, -0.05) is 36.4 Å². The van der Waals surface area contributed by atoms with Gasteiger partial charge in [-0.05, 0) is 42.1 Å². The molecule has 0 saturated carbocycles. The zero-order valence-corrected chi connectivity index (χ0v) is 15.8. The first-order chi connectivity index (χ1) is 12.2. The maximum absolute atomic E-state index is 9.46. The summed E-state index contributed by atoms with van der Waals surface area (Å²) < 4.78 is 5.28. The van der Waals surface area contributed by atoms with Crippen molar-refractivity contribution < 1.29 is 14.6 Å². The van der Waals surface area contributed by atoms with Crippen molar-refractivity contribution in [3.63, 3.8) is 0 Å². The molecule has 5 heteroatoms. The summed E-state index contributed by atoms with van der Waals surface area (Å²) in [6, 6.07) is 19.1. The molecule has 0 aromatic heterocycles.